The molecule has 0 fully saturated rings. The average molecular weight is 126 g/mol. The fraction of sp³-hybridized carbons (Fsp3) is 0.857. The van der Waals surface area contributed by atoms with Crippen molar-refractivity contribution in [1.82, 2.24) is 0 Å². The van der Waals surface area contributed by atoms with Crippen molar-refractivity contribution < 1.29 is 0 Å². The lowest BCUT2D eigenvalue weighted by Crippen LogP contribution is -2.30. The van der Waals surface area contributed by atoms with Crippen LogP contribution >= 0.6 is 0 Å². The van der Waals surface area contributed by atoms with Gasteiger partial charge in [-0.2, -0.15) is 0 Å². The Kier molecular flexibility index (Phi) is 1.58. The monoisotopic (exact) mass is 126 g/mol. The Balaban J connectivity index is 2.58. The van der Waals surface area contributed by atoms with Crippen molar-refractivity contribution in [2.24, 2.45) is 16.1 Å². The molecule has 2 nitrogen and oxygen atoms in total. The second-order valence-electron chi connectivity index (χ2n) is 3.47. The molecule has 0 aromatic rings. The van der Waals surface area contributed by atoms with Crippen molar-refractivity contribution in [3.8, 4) is 0 Å². The van der Waals surface area contributed by atoms with Crippen LogP contribution in [0.15, 0.2) is 4.99 Å². The number of aliphatic imine (C=N–C) groups is 1. The van der Waals surface area contributed by atoms with Crippen LogP contribution in [0.4, 0.5) is 0 Å². The second-order valence-corrected chi connectivity index (χ2v) is 3.47. The van der Waals surface area contributed by atoms with E-state index in [4.69, 9.17) is 5.73 Å². The fourth-order valence-electron chi connectivity index (χ4n) is 1.14. The zero-order valence-corrected chi connectivity index (χ0v) is 6.09. The van der Waals surface area contributed by atoms with Gasteiger partial charge in [0.1, 0.15) is 0 Å². The lowest BCUT2D eigenvalue weighted by molar-refractivity contribution is 0.308. The lowest BCUT2D eigenvalue weighted by atomic mass is 9.83. The van der Waals surface area contributed by atoms with E-state index in [1.165, 1.54) is 0 Å². The third kappa shape index (κ3) is 1.79. The van der Waals surface area contributed by atoms with Gasteiger partial charge >= 0.3 is 0 Å². The molecular formula is C7H14N2. The smallest absolute Gasteiger partial charge is 0.0970 e. The first-order valence-corrected chi connectivity index (χ1v) is 3.37. The van der Waals surface area contributed by atoms with Crippen molar-refractivity contribution in [3.05, 3.63) is 0 Å². The Labute approximate surface area is 56.2 Å². The minimum absolute atomic E-state index is 0.0498. The standard InChI is InChI=1S/C7H14N2/c1-7(2)3-4-9-6(8)5-7/h4,6H,3,5,8H2,1-2H3. The van der Waals surface area contributed by atoms with Crippen LogP contribution in [0.25, 0.3) is 0 Å². The predicted octanol–water partition coefficient (Wildman–Crippen LogP) is 1.16. The van der Waals surface area contributed by atoms with Gasteiger partial charge in [0, 0.05) is 6.21 Å². The minimum atomic E-state index is 0.0498. The van der Waals surface area contributed by atoms with E-state index in [2.05, 4.69) is 18.8 Å². The summed E-state index contributed by atoms with van der Waals surface area (Å²) in [5.41, 5.74) is 5.99. The van der Waals surface area contributed by atoms with E-state index < -0.39 is 0 Å². The summed E-state index contributed by atoms with van der Waals surface area (Å²) in [5, 5.41) is 0. The first-order valence-electron chi connectivity index (χ1n) is 3.37. The van der Waals surface area contributed by atoms with Gasteiger partial charge in [0.15, 0.2) is 0 Å². The zero-order chi connectivity index (χ0) is 6.91. The Morgan fingerprint density at radius 2 is 2.33 bits per heavy atom. The summed E-state index contributed by atoms with van der Waals surface area (Å²) in [6, 6.07) is 0. The van der Waals surface area contributed by atoms with E-state index in [-0.39, 0.29) is 6.17 Å². The Morgan fingerprint density at radius 1 is 1.67 bits per heavy atom. The molecule has 0 aliphatic carbocycles. The molecule has 0 aromatic carbocycles. The second kappa shape index (κ2) is 2.10. The van der Waals surface area contributed by atoms with Gasteiger partial charge in [-0.15, -0.1) is 0 Å². The molecule has 9 heavy (non-hydrogen) atoms. The van der Waals surface area contributed by atoms with Crippen LogP contribution in [0.3, 0.4) is 0 Å². The SMILES string of the molecule is CC1(C)CC=NC(N)C1. The highest BCUT2D eigenvalue weighted by atomic mass is 14.9. The maximum Gasteiger partial charge on any atom is 0.0970 e. The molecule has 0 saturated heterocycles. The van der Waals surface area contributed by atoms with E-state index in [9.17, 15) is 0 Å². The summed E-state index contributed by atoms with van der Waals surface area (Å²) < 4.78 is 0. The molecule has 52 valence electrons. The van der Waals surface area contributed by atoms with Gasteiger partial charge in [0.25, 0.3) is 0 Å². The fourth-order valence-corrected chi connectivity index (χ4v) is 1.14. The van der Waals surface area contributed by atoms with Crippen LogP contribution in [-0.4, -0.2) is 12.4 Å². The molecule has 0 saturated carbocycles. The van der Waals surface area contributed by atoms with Crippen molar-refractivity contribution in [2.45, 2.75) is 32.9 Å². The molecule has 0 aromatic heterocycles. The normalized spacial score (nSPS) is 32.6. The quantitative estimate of drug-likeness (QED) is 0.519. The van der Waals surface area contributed by atoms with Gasteiger partial charge in [-0.3, -0.25) is 4.99 Å². The Morgan fingerprint density at radius 3 is 2.67 bits per heavy atom. The number of nitrogens with zero attached hydrogens (tertiary/aromatic N) is 1. The van der Waals surface area contributed by atoms with Crippen molar-refractivity contribution in [2.75, 3.05) is 0 Å². The first-order chi connectivity index (χ1) is 4.10. The van der Waals surface area contributed by atoms with E-state index in [1.807, 2.05) is 6.21 Å². The predicted molar refractivity (Wildman–Crippen MR) is 39.5 cm³/mol. The zero-order valence-electron chi connectivity index (χ0n) is 6.09. The molecule has 1 aliphatic heterocycles. The molecule has 0 radical (unpaired) electrons. The Bertz CT molecular complexity index is 127. The van der Waals surface area contributed by atoms with Crippen LogP contribution < -0.4 is 5.73 Å². The summed E-state index contributed by atoms with van der Waals surface area (Å²) in [4.78, 5) is 4.08. The molecule has 1 atom stereocenters. The third-order valence-electron chi connectivity index (χ3n) is 1.70. The highest BCUT2D eigenvalue weighted by molar-refractivity contribution is 5.59. The molecule has 0 spiro atoms. The summed E-state index contributed by atoms with van der Waals surface area (Å²) >= 11 is 0. The number of rotatable bonds is 0. The molecule has 1 aliphatic rings. The third-order valence-corrected chi connectivity index (χ3v) is 1.70. The maximum absolute atomic E-state index is 5.61. The van der Waals surface area contributed by atoms with Gasteiger partial charge in [0.05, 0.1) is 6.17 Å². The van der Waals surface area contributed by atoms with E-state index in [0.29, 0.717) is 5.41 Å². The minimum Gasteiger partial charge on any atom is -0.310 e. The van der Waals surface area contributed by atoms with Crippen LogP contribution in [0.2, 0.25) is 0 Å². The maximum atomic E-state index is 5.61. The summed E-state index contributed by atoms with van der Waals surface area (Å²) in [7, 11) is 0. The summed E-state index contributed by atoms with van der Waals surface area (Å²) in [5.74, 6) is 0. The van der Waals surface area contributed by atoms with Crippen LogP contribution in [0.5, 0.6) is 0 Å². The molecule has 2 N–H and O–H groups in total. The van der Waals surface area contributed by atoms with Crippen LogP contribution in [0, 0.1) is 5.41 Å². The molecule has 2 heteroatoms. The van der Waals surface area contributed by atoms with E-state index in [0.717, 1.165) is 12.8 Å². The van der Waals surface area contributed by atoms with Gasteiger partial charge in [-0.05, 0) is 18.3 Å². The highest BCUT2D eigenvalue weighted by Crippen LogP contribution is 2.27. The lowest BCUT2D eigenvalue weighted by Gasteiger charge is -2.28. The van der Waals surface area contributed by atoms with Crippen molar-refractivity contribution >= 4 is 6.21 Å². The first kappa shape index (κ1) is 6.75. The Hall–Kier alpha value is -0.370. The number of hydrogen-bond donors (Lipinski definition) is 1. The molecule has 0 bridgehead atoms. The van der Waals surface area contributed by atoms with Gasteiger partial charge in [-0.25, -0.2) is 0 Å². The molecule has 0 amide bonds. The van der Waals surface area contributed by atoms with Crippen molar-refractivity contribution in [1.29, 1.82) is 0 Å². The topological polar surface area (TPSA) is 38.4 Å². The number of nitrogens with two attached hydrogens (primary N) is 1. The molecule has 1 rings (SSSR count). The van der Waals surface area contributed by atoms with Crippen LogP contribution in [-0.2, 0) is 0 Å². The number of hydrogen-bond acceptors (Lipinski definition) is 2. The highest BCUT2D eigenvalue weighted by Gasteiger charge is 2.22. The summed E-state index contributed by atoms with van der Waals surface area (Å²) in [6.07, 6.45) is 4.08. The van der Waals surface area contributed by atoms with Crippen LogP contribution in [0.1, 0.15) is 26.7 Å². The summed E-state index contributed by atoms with van der Waals surface area (Å²) in [6.45, 7) is 4.44. The van der Waals surface area contributed by atoms with E-state index in [1.54, 1.807) is 0 Å². The van der Waals surface area contributed by atoms with Gasteiger partial charge in [0.2, 0.25) is 0 Å². The van der Waals surface area contributed by atoms with E-state index >= 15 is 0 Å². The van der Waals surface area contributed by atoms with Gasteiger partial charge < -0.3 is 5.73 Å². The van der Waals surface area contributed by atoms with Gasteiger partial charge in [-0.1, -0.05) is 13.8 Å². The average Bonchev–Trinajstić information content (AvgIpc) is 1.60. The molecule has 1 heterocycles. The molecule has 1 unspecified atom stereocenters. The largest absolute Gasteiger partial charge is 0.310 e. The molecular weight excluding hydrogens is 112 g/mol. The van der Waals surface area contributed by atoms with Crippen molar-refractivity contribution in [3.63, 3.8) is 0 Å².